The number of nitrogens with zero attached hydrogens (tertiary/aromatic N) is 4. The predicted molar refractivity (Wildman–Crippen MR) is 170 cm³/mol. The van der Waals surface area contributed by atoms with Gasteiger partial charge in [-0.05, 0) is 72.9 Å². The van der Waals surface area contributed by atoms with Crippen molar-refractivity contribution in [2.24, 2.45) is 0 Å². The summed E-state index contributed by atoms with van der Waals surface area (Å²) in [5.41, 5.74) is -9.62. The van der Waals surface area contributed by atoms with Gasteiger partial charge in [-0.1, -0.05) is 30.3 Å². The fourth-order valence-electron chi connectivity index (χ4n) is 4.44. The molecule has 0 fully saturated rings. The van der Waals surface area contributed by atoms with Crippen molar-refractivity contribution in [3.8, 4) is 17.5 Å². The highest BCUT2D eigenvalue weighted by Crippen LogP contribution is 2.47. The number of aliphatic hydroxyl groups excluding tert-OH is 1. The number of ether oxygens (including phenoxy) is 4. The monoisotopic (exact) mass is 750 g/mol. The topological polar surface area (TPSA) is 167 Å². The highest BCUT2D eigenvalue weighted by atomic mass is 19.4. The van der Waals surface area contributed by atoms with Crippen LogP contribution < -0.4 is 4.90 Å². The third kappa shape index (κ3) is 11.0. The summed E-state index contributed by atoms with van der Waals surface area (Å²) in [5, 5.41) is 26.9. The number of hydrogen-bond donors (Lipinski definition) is 2. The molecule has 0 aliphatic carbocycles. The van der Waals surface area contributed by atoms with Gasteiger partial charge in [0, 0.05) is 6.61 Å². The lowest BCUT2D eigenvalue weighted by Crippen LogP contribution is -2.45. The Kier molecular flexibility index (Phi) is 12.9. The zero-order valence-electron chi connectivity index (χ0n) is 29.4. The number of hydrogen-bond acceptors (Lipinski definition) is 12. The van der Waals surface area contributed by atoms with Gasteiger partial charge in [-0.25, -0.2) is 14.6 Å². The summed E-state index contributed by atoms with van der Waals surface area (Å²) in [6, 6.07) is 7.89. The summed E-state index contributed by atoms with van der Waals surface area (Å²) in [4.78, 5) is 30.3. The van der Waals surface area contributed by atoms with Crippen LogP contribution in [0.3, 0.4) is 0 Å². The molecule has 0 bridgehead atoms. The second-order valence-electron chi connectivity index (χ2n) is 13.6. The fourth-order valence-corrected chi connectivity index (χ4v) is 4.44. The van der Waals surface area contributed by atoms with Crippen molar-refractivity contribution in [1.29, 1.82) is 0 Å². The van der Waals surface area contributed by atoms with Crippen LogP contribution in [-0.4, -0.2) is 74.3 Å². The van der Waals surface area contributed by atoms with E-state index in [1.54, 1.807) is 18.2 Å². The van der Waals surface area contributed by atoms with Crippen molar-refractivity contribution in [2.45, 2.75) is 103 Å². The van der Waals surface area contributed by atoms with Crippen molar-refractivity contribution < 1.29 is 69.5 Å². The fraction of sp³-hybridized carbons (Fsp3) is 0.545. The van der Waals surface area contributed by atoms with E-state index >= 15 is 13.2 Å². The Morgan fingerprint density at radius 1 is 0.923 bits per heavy atom. The van der Waals surface area contributed by atoms with E-state index in [4.69, 9.17) is 23.4 Å². The molecule has 288 valence electrons. The van der Waals surface area contributed by atoms with E-state index in [1.807, 2.05) is 0 Å². The Morgan fingerprint density at radius 3 is 2.00 bits per heavy atom. The van der Waals surface area contributed by atoms with E-state index < -0.39 is 95.1 Å². The second-order valence-corrected chi connectivity index (χ2v) is 13.6. The molecule has 2 aromatic heterocycles. The van der Waals surface area contributed by atoms with Crippen molar-refractivity contribution in [2.75, 3.05) is 18.1 Å². The van der Waals surface area contributed by atoms with Gasteiger partial charge in [-0.15, -0.1) is 10.2 Å². The van der Waals surface area contributed by atoms with Crippen molar-refractivity contribution in [3.63, 3.8) is 0 Å². The van der Waals surface area contributed by atoms with Crippen molar-refractivity contribution >= 4 is 17.9 Å². The van der Waals surface area contributed by atoms with Gasteiger partial charge >= 0.3 is 24.5 Å². The molecule has 0 saturated heterocycles. The number of carbonyl (C=O) groups excluding carboxylic acids is 2. The average molecular weight is 751 g/mol. The molecule has 19 heteroatoms. The molecule has 2 N–H and O–H groups in total. The minimum Gasteiger partial charge on any atom is -0.493 e. The van der Waals surface area contributed by atoms with Crippen molar-refractivity contribution in [3.05, 3.63) is 53.4 Å². The number of imide groups is 1. The number of rotatable bonds is 12. The maximum absolute atomic E-state index is 15.2. The van der Waals surface area contributed by atoms with Gasteiger partial charge in [0.05, 0.1) is 25.0 Å². The van der Waals surface area contributed by atoms with Crippen LogP contribution in [0.2, 0.25) is 0 Å². The van der Waals surface area contributed by atoms with Crippen LogP contribution in [0, 0.1) is 0 Å². The minimum atomic E-state index is -5.31. The first-order valence-corrected chi connectivity index (χ1v) is 15.8. The molecule has 0 saturated carbocycles. The van der Waals surface area contributed by atoms with Crippen LogP contribution in [0.5, 0.6) is 5.88 Å². The summed E-state index contributed by atoms with van der Waals surface area (Å²) in [7, 11) is 0. The molecular weight excluding hydrogens is 710 g/mol. The van der Waals surface area contributed by atoms with Crippen LogP contribution >= 0.6 is 0 Å². The van der Waals surface area contributed by atoms with Gasteiger partial charge in [0.15, 0.2) is 5.69 Å². The highest BCUT2D eigenvalue weighted by molar-refractivity contribution is 6.11. The molecular formula is C33H40F6N4O9. The Hall–Kier alpha value is -4.49. The molecule has 0 radical (unpaired) electrons. The molecule has 3 aromatic rings. The molecule has 1 aromatic carbocycles. The van der Waals surface area contributed by atoms with E-state index in [0.717, 1.165) is 0 Å². The van der Waals surface area contributed by atoms with E-state index in [2.05, 4.69) is 15.2 Å². The predicted octanol–water partition coefficient (Wildman–Crippen LogP) is 7.68. The van der Waals surface area contributed by atoms with Gasteiger partial charge in [-0.2, -0.15) is 31.2 Å². The molecule has 0 unspecified atom stereocenters. The molecule has 0 aliphatic rings. The van der Waals surface area contributed by atoms with Crippen LogP contribution in [-0.2, 0) is 37.3 Å². The van der Waals surface area contributed by atoms with Crippen molar-refractivity contribution in [1.82, 2.24) is 15.2 Å². The van der Waals surface area contributed by atoms with Gasteiger partial charge < -0.3 is 33.6 Å². The van der Waals surface area contributed by atoms with Gasteiger partial charge in [0.1, 0.15) is 16.8 Å². The summed E-state index contributed by atoms with van der Waals surface area (Å²) in [6.45, 7) is 8.69. The summed E-state index contributed by atoms with van der Waals surface area (Å²) in [5.74, 6) is -3.97. The summed E-state index contributed by atoms with van der Waals surface area (Å²) in [6.07, 6.45) is -15.8. The quantitative estimate of drug-likeness (QED) is 0.137. The first-order chi connectivity index (χ1) is 23.8. The van der Waals surface area contributed by atoms with Gasteiger partial charge in [0.25, 0.3) is 11.8 Å². The van der Waals surface area contributed by atoms with E-state index in [1.165, 1.54) is 60.6 Å². The maximum Gasteiger partial charge on any atom is 0.426 e. The van der Waals surface area contributed by atoms with Crippen LogP contribution in [0.25, 0.3) is 11.6 Å². The number of anilines is 1. The number of halogens is 6. The molecule has 2 atom stereocenters. The first kappa shape index (κ1) is 41.9. The van der Waals surface area contributed by atoms with Crippen LogP contribution in [0.1, 0.15) is 78.3 Å². The molecule has 3 rings (SSSR count). The zero-order valence-corrected chi connectivity index (χ0v) is 29.4. The molecule has 2 amide bonds. The maximum atomic E-state index is 15.2. The van der Waals surface area contributed by atoms with E-state index in [9.17, 15) is 33.0 Å². The molecule has 52 heavy (non-hydrogen) atoms. The number of aromatic hydroxyl groups is 1. The molecule has 13 nitrogen and oxygen atoms in total. The lowest BCUT2D eigenvalue weighted by atomic mass is 9.96. The molecule has 0 aliphatic heterocycles. The standard InChI is InChI=1S/C33H40F6N4O9/c1-19(44)17-48-15-11-14-31(33(37,38)39,49-18-20-12-9-8-10-13-20)26-42-41-25(50-26)23-22(16-21(24(45)40-23)32(34,35)36)43(27(46)51-29(2,3)4)28(47)52-30(5,6)7/h8-10,12-13,16,19,44H,11,14-15,17-18H2,1-7H3,(H,40,45)/t19-,31+/m0/s1. The Bertz CT molecular complexity index is 1640. The number of aromatic nitrogens is 3. The number of amides is 2. The average Bonchev–Trinajstić information content (AvgIpc) is 3.47. The SMILES string of the molecule is C[C@H](O)COCCC[C@@](OCc1ccccc1)(c1nnc(-c2nc(O)c(C(F)(F)F)cc2N(C(=O)OC(C)(C)C)C(=O)OC(C)(C)C)o1)C(F)(F)F. The number of benzene rings is 1. The number of carbonyl (C=O) groups is 2. The second kappa shape index (κ2) is 16.0. The van der Waals surface area contributed by atoms with Crippen LogP contribution in [0.4, 0.5) is 41.6 Å². The lowest BCUT2D eigenvalue weighted by molar-refractivity contribution is -0.300. The van der Waals surface area contributed by atoms with E-state index in [0.29, 0.717) is 5.56 Å². The Labute approximate surface area is 294 Å². The zero-order chi connectivity index (χ0) is 39.3. The molecule has 2 heterocycles. The lowest BCUT2D eigenvalue weighted by Gasteiger charge is -2.32. The largest absolute Gasteiger partial charge is 0.493 e. The number of aliphatic hydroxyl groups is 1. The number of alkyl halides is 6. The first-order valence-electron chi connectivity index (χ1n) is 15.8. The van der Waals surface area contributed by atoms with Gasteiger partial charge in [0.2, 0.25) is 11.5 Å². The third-order valence-electron chi connectivity index (χ3n) is 6.62. The Balaban J connectivity index is 2.28. The highest BCUT2D eigenvalue weighted by Gasteiger charge is 2.61. The number of pyridine rings is 1. The van der Waals surface area contributed by atoms with Crippen LogP contribution in [0.15, 0.2) is 40.8 Å². The minimum absolute atomic E-state index is 0.0137. The normalized spacial score (nSPS) is 14.4. The summed E-state index contributed by atoms with van der Waals surface area (Å²) < 4.78 is 114. The third-order valence-corrected chi connectivity index (χ3v) is 6.62. The van der Waals surface area contributed by atoms with E-state index in [-0.39, 0.29) is 30.6 Å². The summed E-state index contributed by atoms with van der Waals surface area (Å²) >= 11 is 0. The smallest absolute Gasteiger partial charge is 0.426 e. The molecule has 0 spiro atoms. The van der Waals surface area contributed by atoms with Gasteiger partial charge in [-0.3, -0.25) is 0 Å². The Morgan fingerprint density at radius 2 is 1.50 bits per heavy atom.